The van der Waals surface area contributed by atoms with E-state index in [-0.39, 0.29) is 11.8 Å². The molecule has 7 heteroatoms. The van der Waals surface area contributed by atoms with Crippen LogP contribution in [0.2, 0.25) is 0 Å². The minimum atomic E-state index is 0.224. The molecule has 1 N–H and O–H groups in total. The number of carbonyl (C=O) groups excluding carboxylic acids is 1. The van der Waals surface area contributed by atoms with Crippen LogP contribution in [0.25, 0.3) is 11.0 Å². The lowest BCUT2D eigenvalue weighted by molar-refractivity contribution is -0.132. The van der Waals surface area contributed by atoms with Gasteiger partial charge in [0.25, 0.3) is 0 Å². The Balaban J connectivity index is 1.38. The third-order valence-corrected chi connectivity index (χ3v) is 5.14. The Labute approximate surface area is 152 Å². The Hall–Kier alpha value is -2.70. The smallest absolute Gasteiger partial charge is 0.222 e. The summed E-state index contributed by atoms with van der Waals surface area (Å²) in [6.07, 6.45) is 6.63. The van der Waals surface area contributed by atoms with E-state index in [0.717, 1.165) is 55.8 Å². The van der Waals surface area contributed by atoms with Gasteiger partial charge in [-0.3, -0.25) is 9.48 Å². The van der Waals surface area contributed by atoms with Crippen molar-refractivity contribution in [3.8, 4) is 0 Å². The predicted octanol–water partition coefficient (Wildman–Crippen LogP) is 2.65. The molecular formula is C19H24N6O. The van der Waals surface area contributed by atoms with E-state index in [4.69, 9.17) is 4.98 Å². The van der Waals surface area contributed by atoms with Crippen LogP contribution in [0.15, 0.2) is 30.9 Å². The molecule has 2 aromatic heterocycles. The average molecular weight is 352 g/mol. The lowest BCUT2D eigenvalue weighted by Crippen LogP contribution is -2.39. The van der Waals surface area contributed by atoms with Gasteiger partial charge >= 0.3 is 0 Å². The monoisotopic (exact) mass is 352 g/mol. The van der Waals surface area contributed by atoms with Crippen LogP contribution in [-0.4, -0.2) is 48.6 Å². The average Bonchev–Trinajstić information content (AvgIpc) is 3.32. The number of piperidine rings is 1. The Morgan fingerprint density at radius 1 is 1.38 bits per heavy atom. The molecule has 1 aliphatic heterocycles. The van der Waals surface area contributed by atoms with Gasteiger partial charge in [0.15, 0.2) is 0 Å². The first-order valence-corrected chi connectivity index (χ1v) is 9.26. The number of rotatable bonds is 5. The normalized spacial score (nSPS) is 17.7. The number of aromatic amines is 1. The summed E-state index contributed by atoms with van der Waals surface area (Å²) in [5.41, 5.74) is 3.30. The second-order valence-corrected chi connectivity index (χ2v) is 7.03. The van der Waals surface area contributed by atoms with Gasteiger partial charge in [-0.05, 0) is 37.8 Å². The highest BCUT2D eigenvalue weighted by molar-refractivity contribution is 5.79. The number of hydrogen-bond donors (Lipinski definition) is 1. The Morgan fingerprint density at radius 3 is 3.12 bits per heavy atom. The van der Waals surface area contributed by atoms with Crippen molar-refractivity contribution in [2.45, 2.75) is 45.1 Å². The first-order valence-electron chi connectivity index (χ1n) is 9.26. The predicted molar refractivity (Wildman–Crippen MR) is 98.6 cm³/mol. The van der Waals surface area contributed by atoms with Crippen LogP contribution in [0.4, 0.5) is 0 Å². The fourth-order valence-electron chi connectivity index (χ4n) is 3.71. The van der Waals surface area contributed by atoms with Crippen molar-refractivity contribution in [2.75, 3.05) is 13.1 Å². The van der Waals surface area contributed by atoms with E-state index < -0.39 is 0 Å². The van der Waals surface area contributed by atoms with Crippen molar-refractivity contribution in [2.24, 2.45) is 0 Å². The molecule has 0 spiro atoms. The fourth-order valence-corrected chi connectivity index (χ4v) is 3.71. The molecule has 0 aliphatic carbocycles. The van der Waals surface area contributed by atoms with E-state index in [2.05, 4.69) is 34.1 Å². The zero-order valence-electron chi connectivity index (χ0n) is 15.1. The van der Waals surface area contributed by atoms with Crippen LogP contribution in [0, 0.1) is 6.92 Å². The summed E-state index contributed by atoms with van der Waals surface area (Å²) in [6, 6.07) is 6.19. The van der Waals surface area contributed by atoms with Crippen LogP contribution in [-0.2, 0) is 11.3 Å². The number of nitrogens with zero attached hydrogens (tertiary/aromatic N) is 5. The number of nitrogens with one attached hydrogen (secondary N) is 1. The number of para-hydroxylation sites is 1. The molecule has 26 heavy (non-hydrogen) atoms. The maximum absolute atomic E-state index is 12.6. The van der Waals surface area contributed by atoms with Gasteiger partial charge in [-0.2, -0.15) is 5.10 Å². The largest absolute Gasteiger partial charge is 0.342 e. The summed E-state index contributed by atoms with van der Waals surface area (Å²) in [6.45, 7) is 4.41. The van der Waals surface area contributed by atoms with E-state index >= 15 is 0 Å². The number of likely N-dealkylation sites (tertiary alicyclic amines) is 1. The quantitative estimate of drug-likeness (QED) is 0.765. The summed E-state index contributed by atoms with van der Waals surface area (Å²) >= 11 is 0. The minimum Gasteiger partial charge on any atom is -0.342 e. The molecule has 1 fully saturated rings. The van der Waals surface area contributed by atoms with Gasteiger partial charge in [-0.15, -0.1) is 0 Å². The van der Waals surface area contributed by atoms with Crippen molar-refractivity contribution in [1.29, 1.82) is 0 Å². The van der Waals surface area contributed by atoms with Gasteiger partial charge in [0.2, 0.25) is 5.91 Å². The van der Waals surface area contributed by atoms with Gasteiger partial charge in [0, 0.05) is 32.0 Å². The number of aryl methyl sites for hydroxylation is 2. The molecule has 0 radical (unpaired) electrons. The van der Waals surface area contributed by atoms with Crippen LogP contribution >= 0.6 is 0 Å². The maximum atomic E-state index is 12.6. The number of carbonyl (C=O) groups is 1. The van der Waals surface area contributed by atoms with E-state index in [9.17, 15) is 4.79 Å². The van der Waals surface area contributed by atoms with E-state index in [1.807, 2.05) is 11.0 Å². The summed E-state index contributed by atoms with van der Waals surface area (Å²) in [5, 5.41) is 4.07. The topological polar surface area (TPSA) is 79.7 Å². The van der Waals surface area contributed by atoms with Crippen LogP contribution in [0.1, 0.15) is 43.0 Å². The summed E-state index contributed by atoms with van der Waals surface area (Å²) in [4.78, 5) is 26.8. The lowest BCUT2D eigenvalue weighted by atomic mass is 9.97. The number of benzene rings is 1. The SMILES string of the molecule is Cc1cccc2[nH]c([C@@H]3CCCN(C(=O)CCCn4cncn4)C3)nc12. The van der Waals surface area contributed by atoms with Crippen molar-refractivity contribution in [3.63, 3.8) is 0 Å². The molecule has 0 saturated carbocycles. The third-order valence-electron chi connectivity index (χ3n) is 5.14. The lowest BCUT2D eigenvalue weighted by Gasteiger charge is -2.32. The molecule has 1 aromatic carbocycles. The maximum Gasteiger partial charge on any atom is 0.222 e. The van der Waals surface area contributed by atoms with Gasteiger partial charge in [0.1, 0.15) is 18.5 Å². The number of H-pyrrole nitrogens is 1. The fraction of sp³-hybridized carbons (Fsp3) is 0.474. The summed E-state index contributed by atoms with van der Waals surface area (Å²) < 4.78 is 1.77. The number of fused-ring (bicyclic) bond motifs is 1. The molecule has 7 nitrogen and oxygen atoms in total. The van der Waals surface area contributed by atoms with Gasteiger partial charge in [-0.25, -0.2) is 9.97 Å². The zero-order valence-corrected chi connectivity index (χ0v) is 15.1. The Bertz CT molecular complexity index is 885. The number of hydrogen-bond acceptors (Lipinski definition) is 4. The molecule has 1 atom stereocenters. The number of aromatic nitrogens is 5. The molecule has 0 unspecified atom stereocenters. The molecule has 3 heterocycles. The van der Waals surface area contributed by atoms with Crippen molar-refractivity contribution >= 4 is 16.9 Å². The van der Waals surface area contributed by atoms with Gasteiger partial charge in [-0.1, -0.05) is 12.1 Å². The molecular weight excluding hydrogens is 328 g/mol. The van der Waals surface area contributed by atoms with Crippen LogP contribution in [0.3, 0.4) is 0 Å². The standard InChI is InChI=1S/C19H24N6O/c1-14-5-2-7-16-18(14)23-19(22-16)15-6-3-9-24(11-15)17(26)8-4-10-25-13-20-12-21-25/h2,5,7,12-13,15H,3-4,6,8-11H2,1H3,(H,22,23)/t15-/m1/s1. The zero-order chi connectivity index (χ0) is 17.9. The van der Waals surface area contributed by atoms with Crippen LogP contribution in [0.5, 0.6) is 0 Å². The highest BCUT2D eigenvalue weighted by Crippen LogP contribution is 2.28. The van der Waals surface area contributed by atoms with Crippen LogP contribution < -0.4 is 0 Å². The highest BCUT2D eigenvalue weighted by Gasteiger charge is 2.26. The number of amides is 1. The molecule has 3 aromatic rings. The molecule has 1 aliphatic rings. The Morgan fingerprint density at radius 2 is 2.31 bits per heavy atom. The first kappa shape index (κ1) is 16.8. The van der Waals surface area contributed by atoms with Crippen molar-refractivity contribution in [1.82, 2.24) is 29.6 Å². The molecule has 0 bridgehead atoms. The Kier molecular flexibility index (Phi) is 4.69. The second-order valence-electron chi connectivity index (χ2n) is 7.03. The van der Waals surface area contributed by atoms with Gasteiger partial charge < -0.3 is 9.88 Å². The van der Waals surface area contributed by atoms with Gasteiger partial charge in [0.05, 0.1) is 11.0 Å². The minimum absolute atomic E-state index is 0.224. The molecule has 136 valence electrons. The van der Waals surface area contributed by atoms with E-state index in [1.54, 1.807) is 11.0 Å². The van der Waals surface area contributed by atoms with E-state index in [0.29, 0.717) is 6.42 Å². The second kappa shape index (κ2) is 7.27. The highest BCUT2D eigenvalue weighted by atomic mass is 16.2. The first-order chi connectivity index (χ1) is 12.7. The molecule has 1 amide bonds. The summed E-state index contributed by atoms with van der Waals surface area (Å²) in [5.74, 6) is 1.52. The molecule has 1 saturated heterocycles. The number of imidazole rings is 1. The van der Waals surface area contributed by atoms with E-state index in [1.165, 1.54) is 11.9 Å². The summed E-state index contributed by atoms with van der Waals surface area (Å²) in [7, 11) is 0. The van der Waals surface area contributed by atoms with Crippen molar-refractivity contribution < 1.29 is 4.79 Å². The van der Waals surface area contributed by atoms with Crippen molar-refractivity contribution in [3.05, 3.63) is 42.2 Å². The molecule has 4 rings (SSSR count). The third kappa shape index (κ3) is 3.47.